The van der Waals surface area contributed by atoms with Crippen molar-refractivity contribution in [1.82, 2.24) is 19.8 Å². The van der Waals surface area contributed by atoms with Crippen LogP contribution < -0.4 is 5.32 Å². The number of rotatable bonds is 6. The maximum Gasteiger partial charge on any atom is 0.253 e. The van der Waals surface area contributed by atoms with Gasteiger partial charge in [0.15, 0.2) is 0 Å². The lowest BCUT2D eigenvalue weighted by Gasteiger charge is -2.32. The normalized spacial score (nSPS) is 16.5. The SMILES string of the molecule is Cc1cc(C)cc(C(=O)N2CCCC(C(=O)NCCCn3cnc4ccccc43)C2)c1. The van der Waals surface area contributed by atoms with Gasteiger partial charge in [-0.25, -0.2) is 4.98 Å². The van der Waals surface area contributed by atoms with Crippen LogP contribution in [-0.2, 0) is 11.3 Å². The molecule has 6 heteroatoms. The summed E-state index contributed by atoms with van der Waals surface area (Å²) < 4.78 is 2.12. The van der Waals surface area contributed by atoms with E-state index in [1.54, 1.807) is 0 Å². The Morgan fingerprint density at radius 3 is 2.71 bits per heavy atom. The Morgan fingerprint density at radius 2 is 1.90 bits per heavy atom. The van der Waals surface area contributed by atoms with Crippen molar-refractivity contribution in [3.05, 3.63) is 65.5 Å². The first-order chi connectivity index (χ1) is 15.0. The first-order valence-corrected chi connectivity index (χ1v) is 11.1. The van der Waals surface area contributed by atoms with Crippen LogP contribution in [0, 0.1) is 19.8 Å². The molecule has 1 aliphatic rings. The molecule has 0 radical (unpaired) electrons. The van der Waals surface area contributed by atoms with Crippen LogP contribution in [0.25, 0.3) is 11.0 Å². The molecule has 3 aromatic rings. The number of para-hydroxylation sites is 2. The molecule has 1 fully saturated rings. The molecule has 0 bridgehead atoms. The molecule has 1 saturated heterocycles. The summed E-state index contributed by atoms with van der Waals surface area (Å²) in [6.07, 6.45) is 4.37. The highest BCUT2D eigenvalue weighted by molar-refractivity contribution is 5.95. The average molecular weight is 419 g/mol. The maximum absolute atomic E-state index is 13.0. The number of amides is 2. The van der Waals surface area contributed by atoms with Gasteiger partial charge in [-0.2, -0.15) is 0 Å². The highest BCUT2D eigenvalue weighted by Crippen LogP contribution is 2.20. The summed E-state index contributed by atoms with van der Waals surface area (Å²) in [5.74, 6) is -0.0672. The van der Waals surface area contributed by atoms with E-state index in [1.165, 1.54) is 0 Å². The second-order valence-corrected chi connectivity index (χ2v) is 8.54. The van der Waals surface area contributed by atoms with E-state index in [2.05, 4.69) is 27.0 Å². The molecular formula is C25H30N4O2. The minimum Gasteiger partial charge on any atom is -0.356 e. The number of carbonyl (C=O) groups is 2. The zero-order chi connectivity index (χ0) is 21.8. The molecule has 1 N–H and O–H groups in total. The Bertz CT molecular complexity index is 1070. The van der Waals surface area contributed by atoms with E-state index >= 15 is 0 Å². The van der Waals surface area contributed by atoms with Crippen molar-refractivity contribution in [2.75, 3.05) is 19.6 Å². The van der Waals surface area contributed by atoms with Crippen molar-refractivity contribution in [1.29, 1.82) is 0 Å². The third-order valence-electron chi connectivity index (χ3n) is 5.95. The van der Waals surface area contributed by atoms with Crippen LogP contribution >= 0.6 is 0 Å². The van der Waals surface area contributed by atoms with Gasteiger partial charge in [0.25, 0.3) is 5.91 Å². The smallest absolute Gasteiger partial charge is 0.253 e. The first-order valence-electron chi connectivity index (χ1n) is 11.1. The number of hydrogen-bond acceptors (Lipinski definition) is 3. The van der Waals surface area contributed by atoms with E-state index < -0.39 is 0 Å². The molecule has 0 aliphatic carbocycles. The number of imidazole rings is 1. The number of piperidine rings is 1. The molecule has 0 saturated carbocycles. The van der Waals surface area contributed by atoms with Gasteiger partial charge in [0.05, 0.1) is 23.3 Å². The first kappa shape index (κ1) is 21.1. The molecule has 1 unspecified atom stereocenters. The Morgan fingerprint density at radius 1 is 1.13 bits per heavy atom. The van der Waals surface area contributed by atoms with Crippen molar-refractivity contribution in [2.24, 2.45) is 5.92 Å². The Balaban J connectivity index is 1.28. The zero-order valence-corrected chi connectivity index (χ0v) is 18.3. The molecule has 31 heavy (non-hydrogen) atoms. The number of aromatic nitrogens is 2. The molecule has 1 aromatic heterocycles. The summed E-state index contributed by atoms with van der Waals surface area (Å²) in [7, 11) is 0. The highest BCUT2D eigenvalue weighted by atomic mass is 16.2. The van der Waals surface area contributed by atoms with Gasteiger partial charge < -0.3 is 14.8 Å². The minimum absolute atomic E-state index is 0.0243. The number of fused-ring (bicyclic) bond motifs is 1. The van der Waals surface area contributed by atoms with Gasteiger partial charge >= 0.3 is 0 Å². The highest BCUT2D eigenvalue weighted by Gasteiger charge is 2.28. The van der Waals surface area contributed by atoms with Gasteiger partial charge in [-0.05, 0) is 57.4 Å². The van der Waals surface area contributed by atoms with Gasteiger partial charge in [-0.15, -0.1) is 0 Å². The molecule has 2 aromatic carbocycles. The maximum atomic E-state index is 13.0. The molecule has 0 spiro atoms. The zero-order valence-electron chi connectivity index (χ0n) is 18.3. The molecule has 4 rings (SSSR count). The van der Waals surface area contributed by atoms with Crippen LogP contribution in [0.2, 0.25) is 0 Å². The third-order valence-corrected chi connectivity index (χ3v) is 5.95. The third kappa shape index (κ3) is 4.95. The summed E-state index contributed by atoms with van der Waals surface area (Å²) >= 11 is 0. The average Bonchev–Trinajstić information content (AvgIpc) is 3.18. The number of nitrogens with one attached hydrogen (secondary N) is 1. The van der Waals surface area contributed by atoms with Crippen LogP contribution in [0.4, 0.5) is 0 Å². The lowest BCUT2D eigenvalue weighted by molar-refractivity contribution is -0.126. The summed E-state index contributed by atoms with van der Waals surface area (Å²) in [6, 6.07) is 14.0. The Labute approximate surface area is 183 Å². The fraction of sp³-hybridized carbons (Fsp3) is 0.400. The molecule has 2 amide bonds. The van der Waals surface area contributed by atoms with E-state index in [0.29, 0.717) is 25.2 Å². The van der Waals surface area contributed by atoms with Gasteiger partial charge in [-0.3, -0.25) is 9.59 Å². The Hall–Kier alpha value is -3.15. The summed E-state index contributed by atoms with van der Waals surface area (Å²) in [4.78, 5) is 31.9. The number of carbonyl (C=O) groups excluding carboxylic acids is 2. The van der Waals surface area contributed by atoms with Crippen LogP contribution in [0.5, 0.6) is 0 Å². The summed E-state index contributed by atoms with van der Waals surface area (Å²) in [5.41, 5.74) is 4.98. The fourth-order valence-corrected chi connectivity index (χ4v) is 4.45. The topological polar surface area (TPSA) is 67.2 Å². The van der Waals surface area contributed by atoms with Crippen LogP contribution in [0.3, 0.4) is 0 Å². The summed E-state index contributed by atoms with van der Waals surface area (Å²) in [5, 5.41) is 3.07. The summed E-state index contributed by atoms with van der Waals surface area (Å²) in [6.45, 7) is 6.63. The van der Waals surface area contributed by atoms with Crippen molar-refractivity contribution < 1.29 is 9.59 Å². The van der Waals surface area contributed by atoms with Crippen molar-refractivity contribution in [2.45, 2.75) is 39.7 Å². The van der Waals surface area contributed by atoms with Gasteiger partial charge in [0, 0.05) is 31.7 Å². The largest absolute Gasteiger partial charge is 0.356 e. The van der Waals surface area contributed by atoms with Crippen molar-refractivity contribution >= 4 is 22.8 Å². The standard InChI is InChI=1S/C25H30N4O2/c1-18-13-19(2)15-21(14-18)25(31)28-11-5-7-20(16-28)24(30)26-10-6-12-29-17-27-22-8-3-4-9-23(22)29/h3-4,8-9,13-15,17,20H,5-7,10-12,16H2,1-2H3,(H,26,30). The second kappa shape index (κ2) is 9.33. The number of nitrogens with zero attached hydrogens (tertiary/aromatic N) is 3. The van der Waals surface area contributed by atoms with E-state index in [-0.39, 0.29) is 17.7 Å². The van der Waals surface area contributed by atoms with Crippen LogP contribution in [0.15, 0.2) is 48.8 Å². The molecule has 162 valence electrons. The fourth-order valence-electron chi connectivity index (χ4n) is 4.45. The predicted molar refractivity (Wildman–Crippen MR) is 122 cm³/mol. The van der Waals surface area contributed by atoms with Crippen molar-refractivity contribution in [3.63, 3.8) is 0 Å². The number of aryl methyl sites for hydroxylation is 3. The monoisotopic (exact) mass is 418 g/mol. The molecule has 1 atom stereocenters. The van der Waals surface area contributed by atoms with Crippen molar-refractivity contribution in [3.8, 4) is 0 Å². The molecule has 6 nitrogen and oxygen atoms in total. The molecule has 1 aliphatic heterocycles. The minimum atomic E-state index is -0.141. The van der Waals surface area contributed by atoms with E-state index in [4.69, 9.17) is 0 Å². The predicted octanol–water partition coefficient (Wildman–Crippen LogP) is 3.71. The quantitative estimate of drug-likeness (QED) is 0.621. The molecular weight excluding hydrogens is 388 g/mol. The lowest BCUT2D eigenvalue weighted by Crippen LogP contribution is -2.45. The van der Waals surface area contributed by atoms with Crippen LogP contribution in [0.1, 0.15) is 40.7 Å². The number of hydrogen-bond donors (Lipinski definition) is 1. The van der Waals surface area contributed by atoms with E-state index in [0.717, 1.165) is 48.0 Å². The lowest BCUT2D eigenvalue weighted by atomic mass is 9.96. The Kier molecular flexibility index (Phi) is 6.35. The van der Waals surface area contributed by atoms with E-state index in [1.807, 2.05) is 55.4 Å². The van der Waals surface area contributed by atoms with Gasteiger partial charge in [-0.1, -0.05) is 29.3 Å². The van der Waals surface area contributed by atoms with E-state index in [9.17, 15) is 9.59 Å². The molecule has 2 heterocycles. The van der Waals surface area contributed by atoms with Crippen LogP contribution in [-0.4, -0.2) is 45.9 Å². The van der Waals surface area contributed by atoms with Gasteiger partial charge in [0.1, 0.15) is 0 Å². The number of benzene rings is 2. The number of likely N-dealkylation sites (tertiary alicyclic amines) is 1. The van der Waals surface area contributed by atoms with Gasteiger partial charge in [0.2, 0.25) is 5.91 Å². The second-order valence-electron chi connectivity index (χ2n) is 8.54.